The molecular formula is C17H20BrNO2. The molecule has 2 N–H and O–H groups in total. The van der Waals surface area contributed by atoms with Crippen molar-refractivity contribution in [3.63, 3.8) is 0 Å². The lowest BCUT2D eigenvalue weighted by Gasteiger charge is -2.25. The molecule has 2 aromatic carbocycles. The normalized spacial score (nSPS) is 13.6. The molecule has 2 aromatic rings. The van der Waals surface area contributed by atoms with Gasteiger partial charge in [0.05, 0.1) is 11.6 Å². The Bertz CT molecular complexity index is 613. The Balaban J connectivity index is 2.36. The fourth-order valence-electron chi connectivity index (χ4n) is 2.19. The van der Waals surface area contributed by atoms with E-state index in [1.54, 1.807) is 7.11 Å². The van der Waals surface area contributed by atoms with Crippen molar-refractivity contribution in [1.29, 1.82) is 0 Å². The van der Waals surface area contributed by atoms with E-state index >= 15 is 0 Å². The molecule has 0 saturated carbocycles. The van der Waals surface area contributed by atoms with E-state index in [0.717, 1.165) is 21.5 Å². The van der Waals surface area contributed by atoms with Crippen LogP contribution in [0, 0.1) is 6.92 Å². The summed E-state index contributed by atoms with van der Waals surface area (Å²) in [6.45, 7) is 3.97. The molecule has 0 aliphatic heterocycles. The number of methoxy groups -OCH3 is 1. The van der Waals surface area contributed by atoms with Crippen LogP contribution in [0.4, 0.5) is 0 Å². The number of hydrogen-bond acceptors (Lipinski definition) is 3. The highest BCUT2D eigenvalue weighted by molar-refractivity contribution is 9.10. The monoisotopic (exact) mass is 349 g/mol. The summed E-state index contributed by atoms with van der Waals surface area (Å²) in [7, 11) is 1.65. The van der Waals surface area contributed by atoms with Crippen LogP contribution >= 0.6 is 15.9 Å². The summed E-state index contributed by atoms with van der Waals surface area (Å²) in [5.41, 5.74) is 8.24. The van der Waals surface area contributed by atoms with E-state index in [2.05, 4.69) is 15.9 Å². The maximum atomic E-state index is 6.14. The maximum absolute atomic E-state index is 6.14. The van der Waals surface area contributed by atoms with E-state index in [0.29, 0.717) is 0 Å². The summed E-state index contributed by atoms with van der Waals surface area (Å²) in [6.07, 6.45) is -0.278. The second-order valence-corrected chi connectivity index (χ2v) is 5.93. The van der Waals surface area contributed by atoms with Gasteiger partial charge in [-0.15, -0.1) is 0 Å². The van der Waals surface area contributed by atoms with Crippen LogP contribution in [0.3, 0.4) is 0 Å². The number of rotatable bonds is 5. The third kappa shape index (κ3) is 3.77. The summed E-state index contributed by atoms with van der Waals surface area (Å²) in [4.78, 5) is 0. The third-order valence-corrected chi connectivity index (χ3v) is 3.88. The van der Waals surface area contributed by atoms with Crippen LogP contribution in [0.2, 0.25) is 0 Å². The lowest BCUT2D eigenvalue weighted by molar-refractivity contribution is 0.175. The van der Waals surface area contributed by atoms with E-state index < -0.39 is 0 Å². The highest BCUT2D eigenvalue weighted by atomic mass is 79.9. The number of halogens is 1. The van der Waals surface area contributed by atoms with Crippen molar-refractivity contribution >= 4 is 15.9 Å². The Morgan fingerprint density at radius 2 is 1.81 bits per heavy atom. The minimum atomic E-state index is -0.278. The zero-order chi connectivity index (χ0) is 15.4. The molecule has 0 amide bonds. The number of para-hydroxylation sites is 1. The minimum absolute atomic E-state index is 0.172. The third-order valence-electron chi connectivity index (χ3n) is 3.26. The molecule has 0 radical (unpaired) electrons. The molecule has 0 aromatic heterocycles. The van der Waals surface area contributed by atoms with Crippen molar-refractivity contribution in [3.8, 4) is 11.5 Å². The number of ether oxygens (including phenoxy) is 2. The van der Waals surface area contributed by atoms with Gasteiger partial charge < -0.3 is 15.2 Å². The van der Waals surface area contributed by atoms with Gasteiger partial charge in [-0.1, -0.05) is 24.3 Å². The quantitative estimate of drug-likeness (QED) is 0.878. The molecule has 0 fully saturated rings. The van der Waals surface area contributed by atoms with E-state index in [9.17, 15) is 0 Å². The predicted molar refractivity (Wildman–Crippen MR) is 88.9 cm³/mol. The van der Waals surface area contributed by atoms with E-state index in [4.69, 9.17) is 15.2 Å². The number of benzene rings is 2. The molecule has 21 heavy (non-hydrogen) atoms. The highest BCUT2D eigenvalue weighted by Gasteiger charge is 2.22. The Hall–Kier alpha value is -1.52. The molecule has 2 atom stereocenters. The molecule has 0 aliphatic carbocycles. The van der Waals surface area contributed by atoms with Crippen LogP contribution in [0.25, 0.3) is 0 Å². The smallest absolute Gasteiger partial charge is 0.142 e. The summed E-state index contributed by atoms with van der Waals surface area (Å²) in [5.74, 6) is 1.55. The van der Waals surface area contributed by atoms with Gasteiger partial charge in [0.15, 0.2) is 0 Å². The minimum Gasteiger partial charge on any atom is -0.496 e. The Morgan fingerprint density at radius 1 is 1.10 bits per heavy atom. The van der Waals surface area contributed by atoms with Gasteiger partial charge in [-0.3, -0.25) is 0 Å². The maximum Gasteiger partial charge on any atom is 0.142 e. The van der Waals surface area contributed by atoms with Crippen molar-refractivity contribution in [2.24, 2.45) is 5.73 Å². The van der Waals surface area contributed by atoms with Gasteiger partial charge in [-0.25, -0.2) is 0 Å². The molecular weight excluding hydrogens is 330 g/mol. The molecule has 0 aliphatic rings. The zero-order valence-electron chi connectivity index (χ0n) is 12.5. The van der Waals surface area contributed by atoms with Crippen LogP contribution in [0.15, 0.2) is 46.9 Å². The van der Waals surface area contributed by atoms with Crippen molar-refractivity contribution < 1.29 is 9.47 Å². The Kier molecular flexibility index (Phi) is 5.26. The van der Waals surface area contributed by atoms with Crippen molar-refractivity contribution in [2.75, 3.05) is 7.11 Å². The van der Waals surface area contributed by atoms with Gasteiger partial charge in [0.1, 0.15) is 17.6 Å². The highest BCUT2D eigenvalue weighted by Crippen LogP contribution is 2.34. The lowest BCUT2D eigenvalue weighted by atomic mass is 10.0. The zero-order valence-corrected chi connectivity index (χ0v) is 14.1. The molecule has 0 heterocycles. The molecule has 112 valence electrons. The molecule has 2 rings (SSSR count). The van der Waals surface area contributed by atoms with Crippen LogP contribution in [-0.4, -0.2) is 13.2 Å². The lowest BCUT2D eigenvalue weighted by Crippen LogP contribution is -2.29. The van der Waals surface area contributed by atoms with Crippen molar-refractivity contribution in [3.05, 3.63) is 58.1 Å². The first-order valence-corrected chi connectivity index (χ1v) is 7.63. The second-order valence-electron chi connectivity index (χ2n) is 5.07. The molecule has 2 unspecified atom stereocenters. The number of aryl methyl sites for hydroxylation is 1. The summed E-state index contributed by atoms with van der Waals surface area (Å²) >= 11 is 3.54. The van der Waals surface area contributed by atoms with Gasteiger partial charge in [0.25, 0.3) is 0 Å². The molecule has 4 heteroatoms. The standard InChI is InChI=1S/C17H20BrNO2/c1-11-8-9-16(14(18)10-11)21-17(12(2)19)13-6-4-5-7-15(13)20-3/h4-10,12,17H,19H2,1-3H3. The van der Waals surface area contributed by atoms with Crippen LogP contribution < -0.4 is 15.2 Å². The predicted octanol–water partition coefficient (Wildman–Crippen LogP) is 4.23. The van der Waals surface area contributed by atoms with Crippen LogP contribution in [0.1, 0.15) is 24.2 Å². The summed E-state index contributed by atoms with van der Waals surface area (Å²) in [6, 6.07) is 13.6. The van der Waals surface area contributed by atoms with Gasteiger partial charge in [-0.2, -0.15) is 0 Å². The topological polar surface area (TPSA) is 44.5 Å². The van der Waals surface area contributed by atoms with E-state index in [1.165, 1.54) is 5.56 Å². The van der Waals surface area contributed by atoms with Gasteiger partial charge in [-0.05, 0) is 53.5 Å². The van der Waals surface area contributed by atoms with Gasteiger partial charge in [0, 0.05) is 11.6 Å². The average molecular weight is 350 g/mol. The second kappa shape index (κ2) is 6.96. The Labute approximate surface area is 134 Å². The number of nitrogens with two attached hydrogens (primary N) is 1. The van der Waals surface area contributed by atoms with E-state index in [1.807, 2.05) is 56.3 Å². The largest absolute Gasteiger partial charge is 0.496 e. The van der Waals surface area contributed by atoms with Gasteiger partial charge in [0.2, 0.25) is 0 Å². The SMILES string of the molecule is COc1ccccc1C(Oc1ccc(C)cc1Br)C(C)N. The summed E-state index contributed by atoms with van der Waals surface area (Å²) < 4.78 is 12.5. The number of hydrogen-bond donors (Lipinski definition) is 1. The molecule has 0 bridgehead atoms. The van der Waals surface area contributed by atoms with Crippen molar-refractivity contribution in [1.82, 2.24) is 0 Å². The summed E-state index contributed by atoms with van der Waals surface area (Å²) in [5, 5.41) is 0. The molecule has 3 nitrogen and oxygen atoms in total. The first-order chi connectivity index (χ1) is 10.0. The van der Waals surface area contributed by atoms with Crippen LogP contribution in [0.5, 0.6) is 11.5 Å². The first kappa shape index (κ1) is 15.9. The van der Waals surface area contributed by atoms with E-state index in [-0.39, 0.29) is 12.1 Å². The van der Waals surface area contributed by atoms with Crippen molar-refractivity contribution in [2.45, 2.75) is 26.0 Å². The molecule has 0 spiro atoms. The average Bonchev–Trinajstić information content (AvgIpc) is 2.46. The molecule has 0 saturated heterocycles. The fraction of sp³-hybridized carbons (Fsp3) is 0.294. The Morgan fingerprint density at radius 3 is 2.43 bits per heavy atom. The fourth-order valence-corrected chi connectivity index (χ4v) is 2.78. The van der Waals surface area contributed by atoms with Gasteiger partial charge >= 0.3 is 0 Å². The van der Waals surface area contributed by atoms with Crippen LogP contribution in [-0.2, 0) is 0 Å². The first-order valence-electron chi connectivity index (χ1n) is 6.84.